The lowest BCUT2D eigenvalue weighted by molar-refractivity contribution is 0.168. The third-order valence-corrected chi connectivity index (χ3v) is 3.53. The molecule has 3 rings (SSSR count). The summed E-state index contributed by atoms with van der Waals surface area (Å²) in [6, 6.07) is 12.0. The van der Waals surface area contributed by atoms with E-state index in [1.54, 1.807) is 12.1 Å². The zero-order valence-corrected chi connectivity index (χ0v) is 11.5. The number of rotatable bonds is 4. The molecule has 1 aliphatic rings. The van der Waals surface area contributed by atoms with Crippen molar-refractivity contribution in [2.75, 3.05) is 13.2 Å². The molecule has 1 atom stereocenters. The first kappa shape index (κ1) is 13.9. The summed E-state index contributed by atoms with van der Waals surface area (Å²) in [7, 11) is 0. The van der Waals surface area contributed by atoms with Crippen LogP contribution < -0.4 is 20.7 Å². The molecule has 0 saturated heterocycles. The minimum atomic E-state index is -0.246. The van der Waals surface area contributed by atoms with Crippen LogP contribution in [0.4, 0.5) is 4.39 Å². The van der Waals surface area contributed by atoms with Crippen LogP contribution in [0.5, 0.6) is 11.5 Å². The van der Waals surface area contributed by atoms with Crippen molar-refractivity contribution in [3.63, 3.8) is 0 Å². The molecule has 1 aliphatic heterocycles. The van der Waals surface area contributed by atoms with Gasteiger partial charge in [0.1, 0.15) is 19.0 Å². The van der Waals surface area contributed by atoms with Gasteiger partial charge in [-0.3, -0.25) is 11.3 Å². The molecule has 2 aromatic carbocycles. The number of ether oxygens (including phenoxy) is 2. The summed E-state index contributed by atoms with van der Waals surface area (Å²) >= 11 is 0. The van der Waals surface area contributed by atoms with Gasteiger partial charge in [-0.25, -0.2) is 4.39 Å². The molecule has 0 saturated carbocycles. The zero-order valence-electron chi connectivity index (χ0n) is 11.5. The highest BCUT2D eigenvalue weighted by Gasteiger charge is 2.21. The van der Waals surface area contributed by atoms with E-state index in [-0.39, 0.29) is 11.9 Å². The molecule has 0 spiro atoms. The third kappa shape index (κ3) is 2.99. The van der Waals surface area contributed by atoms with E-state index >= 15 is 0 Å². The molecule has 1 heterocycles. The highest BCUT2D eigenvalue weighted by atomic mass is 19.1. The first-order valence-corrected chi connectivity index (χ1v) is 6.87. The monoisotopic (exact) mass is 288 g/mol. The molecule has 4 nitrogen and oxygen atoms in total. The van der Waals surface area contributed by atoms with Crippen LogP contribution in [-0.4, -0.2) is 13.2 Å². The van der Waals surface area contributed by atoms with Crippen molar-refractivity contribution in [1.29, 1.82) is 0 Å². The van der Waals surface area contributed by atoms with E-state index in [9.17, 15) is 4.39 Å². The van der Waals surface area contributed by atoms with Gasteiger partial charge in [-0.2, -0.15) is 0 Å². The number of nitrogens with one attached hydrogen (secondary N) is 1. The number of hydrogen-bond acceptors (Lipinski definition) is 4. The maximum atomic E-state index is 13.0. The Morgan fingerprint density at radius 2 is 1.86 bits per heavy atom. The van der Waals surface area contributed by atoms with E-state index in [0.29, 0.717) is 19.6 Å². The van der Waals surface area contributed by atoms with E-state index in [2.05, 4.69) is 5.43 Å². The van der Waals surface area contributed by atoms with Crippen LogP contribution in [0.1, 0.15) is 17.2 Å². The molecular formula is C16H17FN2O2. The molecule has 0 bridgehead atoms. The predicted octanol–water partition coefficient (Wildman–Crippen LogP) is 2.34. The zero-order chi connectivity index (χ0) is 14.7. The van der Waals surface area contributed by atoms with Crippen LogP contribution >= 0.6 is 0 Å². The van der Waals surface area contributed by atoms with Gasteiger partial charge in [0.25, 0.3) is 0 Å². The average Bonchev–Trinajstić information content (AvgIpc) is 2.54. The van der Waals surface area contributed by atoms with E-state index in [0.717, 1.165) is 22.6 Å². The standard InChI is InChI=1S/C16H17FN2O2/c17-12-6-4-11(5-7-12)10-14(19-18)13-2-1-3-15-16(13)21-9-8-20-15/h1-7,14,19H,8-10,18H2. The summed E-state index contributed by atoms with van der Waals surface area (Å²) in [5.74, 6) is 6.91. The van der Waals surface area contributed by atoms with Crippen molar-refractivity contribution in [3.8, 4) is 11.5 Å². The number of benzene rings is 2. The smallest absolute Gasteiger partial charge is 0.166 e. The Morgan fingerprint density at radius 1 is 1.10 bits per heavy atom. The van der Waals surface area contributed by atoms with Gasteiger partial charge in [0.05, 0.1) is 6.04 Å². The summed E-state index contributed by atoms with van der Waals surface area (Å²) in [5, 5.41) is 0. The Balaban J connectivity index is 1.88. The molecule has 0 radical (unpaired) electrons. The summed E-state index contributed by atoms with van der Waals surface area (Å²) in [6.07, 6.45) is 0.636. The fourth-order valence-corrected chi connectivity index (χ4v) is 2.49. The number of fused-ring (bicyclic) bond motifs is 1. The van der Waals surface area contributed by atoms with Crippen LogP contribution in [0, 0.1) is 5.82 Å². The minimum Gasteiger partial charge on any atom is -0.486 e. The van der Waals surface area contributed by atoms with E-state index in [1.807, 2.05) is 18.2 Å². The van der Waals surface area contributed by atoms with Crippen molar-refractivity contribution in [2.24, 2.45) is 5.84 Å². The summed E-state index contributed by atoms with van der Waals surface area (Å²) in [5.41, 5.74) is 4.74. The maximum absolute atomic E-state index is 13.0. The lowest BCUT2D eigenvalue weighted by Gasteiger charge is -2.25. The molecular weight excluding hydrogens is 271 g/mol. The molecule has 3 N–H and O–H groups in total. The fourth-order valence-electron chi connectivity index (χ4n) is 2.49. The van der Waals surface area contributed by atoms with Gasteiger partial charge in [-0.15, -0.1) is 0 Å². The van der Waals surface area contributed by atoms with Crippen molar-refractivity contribution in [2.45, 2.75) is 12.5 Å². The van der Waals surface area contributed by atoms with Gasteiger partial charge < -0.3 is 9.47 Å². The summed E-state index contributed by atoms with van der Waals surface area (Å²) < 4.78 is 24.3. The van der Waals surface area contributed by atoms with Gasteiger partial charge in [-0.05, 0) is 30.2 Å². The molecule has 2 aromatic rings. The van der Waals surface area contributed by atoms with E-state index in [4.69, 9.17) is 15.3 Å². The highest BCUT2D eigenvalue weighted by Crippen LogP contribution is 2.37. The van der Waals surface area contributed by atoms with Crippen LogP contribution in [-0.2, 0) is 6.42 Å². The average molecular weight is 288 g/mol. The predicted molar refractivity (Wildman–Crippen MR) is 77.6 cm³/mol. The highest BCUT2D eigenvalue weighted by molar-refractivity contribution is 5.49. The summed E-state index contributed by atoms with van der Waals surface area (Å²) in [4.78, 5) is 0. The Labute approximate surface area is 122 Å². The van der Waals surface area contributed by atoms with Crippen LogP contribution in [0.2, 0.25) is 0 Å². The van der Waals surface area contributed by atoms with Crippen LogP contribution in [0.25, 0.3) is 0 Å². The molecule has 0 aromatic heterocycles. The molecule has 110 valence electrons. The minimum absolute atomic E-state index is 0.132. The third-order valence-electron chi connectivity index (χ3n) is 3.53. The van der Waals surface area contributed by atoms with Gasteiger partial charge in [0.2, 0.25) is 0 Å². The number of halogens is 1. The lowest BCUT2D eigenvalue weighted by Crippen LogP contribution is -2.30. The normalized spacial score (nSPS) is 14.8. The topological polar surface area (TPSA) is 56.5 Å². The molecule has 5 heteroatoms. The quantitative estimate of drug-likeness (QED) is 0.670. The van der Waals surface area contributed by atoms with E-state index in [1.165, 1.54) is 12.1 Å². The number of hydrogen-bond donors (Lipinski definition) is 2. The van der Waals surface area contributed by atoms with E-state index < -0.39 is 0 Å². The molecule has 1 unspecified atom stereocenters. The van der Waals surface area contributed by atoms with Gasteiger partial charge >= 0.3 is 0 Å². The van der Waals surface area contributed by atoms with Crippen LogP contribution in [0.15, 0.2) is 42.5 Å². The molecule has 0 amide bonds. The Kier molecular flexibility index (Phi) is 4.03. The second-order valence-corrected chi connectivity index (χ2v) is 4.92. The molecule has 0 aliphatic carbocycles. The van der Waals surface area contributed by atoms with Crippen molar-refractivity contribution in [3.05, 3.63) is 59.4 Å². The van der Waals surface area contributed by atoms with Gasteiger partial charge in [0, 0.05) is 5.56 Å². The fraction of sp³-hybridized carbons (Fsp3) is 0.250. The number of hydrazine groups is 1. The lowest BCUT2D eigenvalue weighted by atomic mass is 9.98. The Morgan fingerprint density at radius 3 is 2.62 bits per heavy atom. The first-order valence-electron chi connectivity index (χ1n) is 6.87. The van der Waals surface area contributed by atoms with Gasteiger partial charge in [-0.1, -0.05) is 24.3 Å². The number of para-hydroxylation sites is 1. The van der Waals surface area contributed by atoms with Crippen molar-refractivity contribution >= 4 is 0 Å². The van der Waals surface area contributed by atoms with Crippen molar-refractivity contribution in [1.82, 2.24) is 5.43 Å². The maximum Gasteiger partial charge on any atom is 0.166 e. The van der Waals surface area contributed by atoms with Crippen molar-refractivity contribution < 1.29 is 13.9 Å². The van der Waals surface area contributed by atoms with Gasteiger partial charge in [0.15, 0.2) is 11.5 Å². The Bertz CT molecular complexity index is 616. The number of nitrogens with two attached hydrogens (primary N) is 1. The summed E-state index contributed by atoms with van der Waals surface area (Å²) in [6.45, 7) is 1.08. The van der Waals surface area contributed by atoms with Crippen LogP contribution in [0.3, 0.4) is 0 Å². The SMILES string of the molecule is NNC(Cc1ccc(F)cc1)c1cccc2c1OCCO2. The first-order chi connectivity index (χ1) is 10.3. The second kappa shape index (κ2) is 6.11. The Hall–Kier alpha value is -2.11. The molecule has 0 fully saturated rings. The molecule has 21 heavy (non-hydrogen) atoms. The second-order valence-electron chi connectivity index (χ2n) is 4.92. The largest absolute Gasteiger partial charge is 0.486 e.